The van der Waals surface area contributed by atoms with Crippen LogP contribution < -0.4 is 64.4 Å². The van der Waals surface area contributed by atoms with Crippen LogP contribution in [-0.4, -0.2) is 133 Å². The van der Waals surface area contributed by atoms with Gasteiger partial charge in [0, 0.05) is 5.34 Å². The van der Waals surface area contributed by atoms with Gasteiger partial charge in [-0.1, -0.05) is 43.7 Å². The summed E-state index contributed by atoms with van der Waals surface area (Å²) in [6, 6.07) is 0. The molecule has 0 spiro atoms. The van der Waals surface area contributed by atoms with Gasteiger partial charge in [-0.2, -0.15) is 0 Å². The van der Waals surface area contributed by atoms with Crippen molar-refractivity contribution in [1.29, 1.82) is 0 Å². The first-order valence-electron chi connectivity index (χ1n) is 11.5. The molecule has 0 unspecified atom stereocenters. The van der Waals surface area contributed by atoms with Gasteiger partial charge in [0.15, 0.2) is 0 Å². The summed E-state index contributed by atoms with van der Waals surface area (Å²) in [4.78, 5) is 22.9. The molecular formula is C21H4B12F3N3O3. The lowest BCUT2D eigenvalue weighted by Crippen LogP contribution is -2.56. The summed E-state index contributed by atoms with van der Waals surface area (Å²) >= 11 is 0. The highest BCUT2D eigenvalue weighted by atomic mass is 19.4. The molecule has 1 amide bonds. The predicted molar refractivity (Wildman–Crippen MR) is 164 cm³/mol. The molecule has 24 radical (unpaired) electrons. The number of alkyl halides is 3. The number of fused-ring (bicyclic) bond motifs is 1. The predicted octanol–water partition coefficient (Wildman–Crippen LogP) is -8.99. The summed E-state index contributed by atoms with van der Waals surface area (Å²) in [5.74, 6) is -2.43. The van der Waals surface area contributed by atoms with E-state index in [1.807, 2.05) is 0 Å². The molecule has 3 aromatic rings. The lowest BCUT2D eigenvalue weighted by Gasteiger charge is -2.37. The number of ether oxygens (including phenoxy) is 2. The average Bonchev–Trinajstić information content (AvgIpc) is 2.98. The van der Waals surface area contributed by atoms with E-state index in [4.69, 9.17) is 98.9 Å². The van der Waals surface area contributed by atoms with E-state index in [1.54, 1.807) is 0 Å². The maximum absolute atomic E-state index is 14.0. The SMILES string of the molecule is [B]c1nc(CN2C(=O)c3c([B])c(-c4c([B])c([B])c(OC(F)(F)F)c([B])c4[B])c([B])c([B])c3OCC2([B])[B])nc([B])c1[B]. The molecular weight excluding hydrogens is 529 g/mol. The van der Waals surface area contributed by atoms with Crippen LogP contribution in [0.3, 0.4) is 0 Å². The van der Waals surface area contributed by atoms with Crippen LogP contribution >= 0.6 is 0 Å². The van der Waals surface area contributed by atoms with Crippen molar-refractivity contribution in [2.45, 2.75) is 18.2 Å². The molecule has 6 nitrogen and oxygen atoms in total. The summed E-state index contributed by atoms with van der Waals surface area (Å²) in [6.07, 6.45) is -5.19. The molecule has 42 heavy (non-hydrogen) atoms. The van der Waals surface area contributed by atoms with E-state index in [0.29, 0.717) is 0 Å². The first kappa shape index (κ1) is 32.1. The molecule has 4 rings (SSSR count). The van der Waals surface area contributed by atoms with Crippen molar-refractivity contribution in [2.24, 2.45) is 0 Å². The summed E-state index contributed by atoms with van der Waals surface area (Å²) in [5.41, 5.74) is -5.22. The van der Waals surface area contributed by atoms with E-state index < -0.39 is 69.4 Å². The Morgan fingerprint density at radius 3 is 1.71 bits per heavy atom. The summed E-state index contributed by atoms with van der Waals surface area (Å²) in [7, 11) is 72.3. The Morgan fingerprint density at radius 1 is 0.738 bits per heavy atom. The lowest BCUT2D eigenvalue weighted by molar-refractivity contribution is -0.273. The van der Waals surface area contributed by atoms with E-state index in [-0.39, 0.29) is 50.3 Å². The van der Waals surface area contributed by atoms with Gasteiger partial charge in [-0.3, -0.25) is 4.79 Å². The summed E-state index contributed by atoms with van der Waals surface area (Å²) in [6.45, 7) is -1.02. The molecule has 1 aromatic heterocycles. The minimum atomic E-state index is -5.19. The van der Waals surface area contributed by atoms with Crippen LogP contribution in [-0.2, 0) is 6.54 Å². The molecule has 0 N–H and O–H groups in total. The maximum Gasteiger partial charge on any atom is 0.573 e. The average molecular weight is 533 g/mol. The fourth-order valence-electron chi connectivity index (χ4n) is 4.29. The second kappa shape index (κ2) is 11.0. The normalized spacial score (nSPS) is 14.6. The Kier molecular flexibility index (Phi) is 8.41. The quantitative estimate of drug-likeness (QED) is 0.312. The number of aromatic nitrogens is 2. The number of amides is 1. The third-order valence-electron chi connectivity index (χ3n) is 6.41. The van der Waals surface area contributed by atoms with Crippen LogP contribution in [0.2, 0.25) is 0 Å². The first-order chi connectivity index (χ1) is 19.3. The number of hydrogen-bond donors (Lipinski definition) is 0. The Hall–Kier alpha value is -2.84. The van der Waals surface area contributed by atoms with Crippen molar-refractivity contribution in [3.8, 4) is 22.6 Å². The van der Waals surface area contributed by atoms with Crippen LogP contribution in [0.25, 0.3) is 11.1 Å². The van der Waals surface area contributed by atoms with E-state index in [1.165, 1.54) is 0 Å². The number of benzene rings is 2. The largest absolute Gasteiger partial charge is 0.573 e. The van der Waals surface area contributed by atoms with Crippen LogP contribution in [0.4, 0.5) is 13.2 Å². The molecule has 21 heteroatoms. The fourth-order valence-corrected chi connectivity index (χ4v) is 4.29. The number of hydrogen-bond acceptors (Lipinski definition) is 5. The standard InChI is InChI=1S/C21H4B12F3N3O3/c22-7-4(5-9(24)12(27)16(13(28)10(5)25)42-21(34,35)36)8(23)11(26)15-6(7)19(40)39(20(32,33)2-41-15)1-3-37-17(30)14(29)18(31)38-3/h1-2H2. The van der Waals surface area contributed by atoms with E-state index in [0.717, 1.165) is 4.90 Å². The molecule has 1 aliphatic rings. The molecule has 0 saturated carbocycles. The van der Waals surface area contributed by atoms with Crippen molar-refractivity contribution in [3.05, 3.63) is 11.4 Å². The van der Waals surface area contributed by atoms with Gasteiger partial charge in [0.05, 0.1) is 34.4 Å². The highest BCUT2D eigenvalue weighted by molar-refractivity contribution is 6.64. The van der Waals surface area contributed by atoms with Gasteiger partial charge in [-0.15, -0.1) is 13.2 Å². The monoisotopic (exact) mass is 535 g/mol. The number of rotatable bonds is 4. The lowest BCUT2D eigenvalue weighted by atomic mass is 9.60. The van der Waals surface area contributed by atoms with E-state index in [2.05, 4.69) is 14.7 Å². The van der Waals surface area contributed by atoms with Crippen molar-refractivity contribution in [3.63, 3.8) is 0 Å². The molecule has 2 heterocycles. The molecule has 0 bridgehead atoms. The van der Waals surface area contributed by atoms with Gasteiger partial charge in [0.1, 0.15) is 95.8 Å². The minimum Gasteiger partial charge on any atom is -0.493 e. The summed E-state index contributed by atoms with van der Waals surface area (Å²) in [5, 5.41) is -2.03. The third-order valence-corrected chi connectivity index (χ3v) is 6.41. The molecule has 2 aromatic carbocycles. The highest BCUT2D eigenvalue weighted by Crippen LogP contribution is 2.28. The third kappa shape index (κ3) is 5.48. The van der Waals surface area contributed by atoms with E-state index in [9.17, 15) is 18.0 Å². The van der Waals surface area contributed by atoms with Gasteiger partial charge in [0.25, 0.3) is 5.91 Å². The fraction of sp³-hybridized carbons (Fsp3) is 0.190. The molecule has 0 fully saturated rings. The molecule has 0 saturated heterocycles. The second-order valence-corrected chi connectivity index (χ2v) is 9.22. The smallest absolute Gasteiger partial charge is 0.493 e. The van der Waals surface area contributed by atoms with Crippen LogP contribution in [0.1, 0.15) is 16.2 Å². The Balaban J connectivity index is 1.96. The number of carbonyl (C=O) groups is 1. The second-order valence-electron chi connectivity index (χ2n) is 9.22. The van der Waals surface area contributed by atoms with Gasteiger partial charge >= 0.3 is 6.36 Å². The maximum atomic E-state index is 14.0. The zero-order valence-corrected chi connectivity index (χ0v) is 21.5. The van der Waals surface area contributed by atoms with Gasteiger partial charge in [0.2, 0.25) is 0 Å². The van der Waals surface area contributed by atoms with Gasteiger partial charge < -0.3 is 14.4 Å². The van der Waals surface area contributed by atoms with Crippen molar-refractivity contribution in [1.82, 2.24) is 14.9 Å². The Bertz CT molecular complexity index is 1600. The van der Waals surface area contributed by atoms with Crippen LogP contribution in [0, 0.1) is 0 Å². The minimum absolute atomic E-state index is 0.0844. The number of carbonyl (C=O) groups excluding carboxylic acids is 1. The number of halogens is 3. The summed E-state index contributed by atoms with van der Waals surface area (Å²) < 4.78 is 48.5. The van der Waals surface area contributed by atoms with Gasteiger partial charge in [-0.25, -0.2) is 9.97 Å². The zero-order chi connectivity index (χ0) is 31.6. The highest BCUT2D eigenvalue weighted by Gasteiger charge is 2.39. The van der Waals surface area contributed by atoms with E-state index >= 15 is 0 Å². The Morgan fingerprint density at radius 2 is 1.21 bits per heavy atom. The van der Waals surface area contributed by atoms with Crippen molar-refractivity contribution >= 4 is 155 Å². The molecule has 1 aliphatic heterocycles. The first-order valence-corrected chi connectivity index (χ1v) is 11.5. The zero-order valence-electron chi connectivity index (χ0n) is 21.5. The topological polar surface area (TPSA) is 64.6 Å². The van der Waals surface area contributed by atoms with Gasteiger partial charge in [-0.05, 0) is 22.3 Å². The van der Waals surface area contributed by atoms with Crippen molar-refractivity contribution < 1.29 is 27.4 Å². The number of nitrogens with zero attached hydrogens (tertiary/aromatic N) is 3. The van der Waals surface area contributed by atoms with Crippen LogP contribution in [0.15, 0.2) is 0 Å². The molecule has 0 aliphatic carbocycles. The molecule has 0 atom stereocenters. The van der Waals surface area contributed by atoms with Crippen LogP contribution in [0.5, 0.6) is 11.5 Å². The van der Waals surface area contributed by atoms with Crippen molar-refractivity contribution in [2.75, 3.05) is 6.61 Å². The Labute approximate surface area is 255 Å². The molecule has 178 valence electrons.